The monoisotopic (exact) mass is 1880 g/mol. The standard InChI is InChI=1S/C39H53N3O8.C31H47N3O6.C20H27NO5.C13H15NO5/c1-39(2,3)50-37(45)40-21-13-12-18-29(35(44)36-41-31-19-10-11-20-34(31)49-36)22-33(43)32-23-30(47-25-27-14-6-4-7-15-27)24-42(32)38(46)48-26-28-16-8-5-9-17-28;1-31(2,3)40-30(37)32-16-10-9-13-22(28(36)29-34-24-14-7-8-15-27(24)39-29)17-26(35)25-18-23(19-33-25)38-20-21-11-5-4-6-12-21;22-19(23)18-11-17(25-13-15-7-3-1-4-8-15)12-21(18)20(24)26-14-16-9-5-2-6-10-16;15-10-6-11(12(16)17)14(7-10)13(18)19-8-9-4-2-1-3-5-9/h5,8-11,16-17,19-20,27,29-30,32,35,44H,4,6-7,12-15,18,21-26H2,1-3H3,(H,40,45);7-8,14-15,21-23,25,28,33,36H,4-6,9-13,16-20H2,1-3H3,(H,32,37);2,5-6,9-10,15,17-18H,1,3-4,7-8,11-14H2,(H,22,23);1-5,10-11,15H,6-8H2,(H,16,17)/t29-,30-,32+,35?;22-,23-,25+,28?;17-,18+;10-,11+/m1111/s1. The molecule has 7 fully saturated rings. The molecule has 5 aromatic carbocycles. The summed E-state index contributed by atoms with van der Waals surface area (Å²) in [5.41, 5.74) is 3.87. The van der Waals surface area contributed by atoms with E-state index in [-0.39, 0.29) is 112 Å². The third-order valence-electron chi connectivity index (χ3n) is 25.7. The predicted octanol–water partition coefficient (Wildman–Crippen LogP) is 17.3. The molecule has 32 nitrogen and oxygen atoms in total. The van der Waals surface area contributed by atoms with Crippen molar-refractivity contribution in [3.63, 3.8) is 0 Å². The number of Topliss-reactive ketones (excluding diaryl/α,β-unsaturated/α-hetero) is 2. The Balaban J connectivity index is 0.000000183. The average Bonchev–Trinajstić information content (AvgIpc) is 1.68. The van der Waals surface area contributed by atoms with Gasteiger partial charge in [0.15, 0.2) is 16.9 Å². The molecule has 8 N–H and O–H groups in total. The molecule has 2 aromatic heterocycles. The quantitative estimate of drug-likeness (QED) is 0.0132. The second-order valence-corrected chi connectivity index (χ2v) is 38.9. The average molecular weight is 1880 g/mol. The van der Waals surface area contributed by atoms with Crippen molar-refractivity contribution in [3.05, 3.63) is 168 Å². The van der Waals surface area contributed by atoms with Gasteiger partial charge >= 0.3 is 42.4 Å². The van der Waals surface area contributed by atoms with Crippen LogP contribution in [0.25, 0.3) is 22.2 Å². The molecule has 4 aliphatic heterocycles. The first kappa shape index (κ1) is 105. The van der Waals surface area contributed by atoms with Gasteiger partial charge in [-0.2, -0.15) is 0 Å². The van der Waals surface area contributed by atoms with Crippen molar-refractivity contribution in [1.82, 2.24) is 40.6 Å². The van der Waals surface area contributed by atoms with Gasteiger partial charge in [0.05, 0.1) is 56.1 Å². The van der Waals surface area contributed by atoms with Crippen LogP contribution in [0.2, 0.25) is 0 Å². The van der Waals surface area contributed by atoms with E-state index in [2.05, 4.69) is 25.9 Å². The Kier molecular flexibility index (Phi) is 41.3. The number of para-hydroxylation sites is 4. The number of unbranched alkanes of at least 4 members (excludes halogenated alkanes) is 2. The summed E-state index contributed by atoms with van der Waals surface area (Å²) in [6.07, 6.45) is 17.6. The van der Waals surface area contributed by atoms with E-state index >= 15 is 0 Å². The third-order valence-corrected chi connectivity index (χ3v) is 25.7. The Hall–Kier alpha value is -10.6. The highest BCUT2D eigenvalue weighted by Crippen LogP contribution is 2.38. The zero-order valence-corrected chi connectivity index (χ0v) is 79.2. The number of oxazole rings is 2. The number of β-amino-alcohol motifs (C(OH)–C–C–N with tert-alkyl or cyclic N) is 1. The largest absolute Gasteiger partial charge is 0.480 e. The zero-order chi connectivity index (χ0) is 96.2. The van der Waals surface area contributed by atoms with E-state index < -0.39 is 96.0 Å². The first-order chi connectivity index (χ1) is 64.9. The molecule has 0 spiro atoms. The lowest BCUT2D eigenvalue weighted by molar-refractivity contribution is -0.142. The van der Waals surface area contributed by atoms with E-state index in [0.29, 0.717) is 124 Å². The van der Waals surface area contributed by atoms with Crippen molar-refractivity contribution in [2.45, 2.75) is 307 Å². The van der Waals surface area contributed by atoms with Crippen LogP contribution in [0, 0.1) is 29.6 Å². The number of carboxylic acids is 2. The van der Waals surface area contributed by atoms with Crippen LogP contribution in [0.1, 0.15) is 256 Å². The Morgan fingerprint density at radius 2 is 0.793 bits per heavy atom. The molecule has 7 aliphatic rings. The fourth-order valence-electron chi connectivity index (χ4n) is 18.4. The lowest BCUT2D eigenvalue weighted by atomic mass is 9.88. The summed E-state index contributed by atoms with van der Waals surface area (Å²) < 4.78 is 56.9. The predicted molar refractivity (Wildman–Crippen MR) is 502 cm³/mol. The first-order valence-electron chi connectivity index (χ1n) is 48.6. The molecule has 2 unspecified atom stereocenters. The number of carboxylic acid groups (broad SMARTS) is 2. The Bertz CT molecular complexity index is 4750. The van der Waals surface area contributed by atoms with E-state index in [4.69, 9.17) is 51.8 Å². The minimum absolute atomic E-state index is 0.00185. The summed E-state index contributed by atoms with van der Waals surface area (Å²) in [5.74, 6) is -1.04. The summed E-state index contributed by atoms with van der Waals surface area (Å²) in [5, 5.41) is 59.6. The second-order valence-electron chi connectivity index (χ2n) is 38.9. The van der Waals surface area contributed by atoms with Gasteiger partial charge in [-0.15, -0.1) is 0 Å². The number of ketones is 2. The van der Waals surface area contributed by atoms with Gasteiger partial charge in [-0.25, -0.2) is 43.5 Å². The number of aromatic nitrogens is 2. The van der Waals surface area contributed by atoms with Crippen LogP contribution < -0.4 is 16.0 Å². The van der Waals surface area contributed by atoms with Crippen LogP contribution in [-0.4, -0.2) is 223 Å². The molecule has 3 aliphatic carbocycles. The number of nitrogens with one attached hydrogen (secondary N) is 3. The number of benzene rings is 5. The number of rotatable bonds is 37. The summed E-state index contributed by atoms with van der Waals surface area (Å²) in [6, 6.07) is 39.6. The highest BCUT2D eigenvalue weighted by molar-refractivity contribution is 5.89. The molecular formula is C103H142N8O24. The molecule has 135 heavy (non-hydrogen) atoms. The molecule has 738 valence electrons. The van der Waals surface area contributed by atoms with Crippen LogP contribution >= 0.6 is 0 Å². The van der Waals surface area contributed by atoms with Crippen molar-refractivity contribution < 1.29 is 115 Å². The minimum Gasteiger partial charge on any atom is -0.480 e. The van der Waals surface area contributed by atoms with Crippen molar-refractivity contribution >= 4 is 76.2 Å². The topological polar surface area (TPSA) is 426 Å². The van der Waals surface area contributed by atoms with E-state index in [1.54, 1.807) is 39.0 Å². The number of amides is 5. The molecule has 3 saturated carbocycles. The van der Waals surface area contributed by atoms with Gasteiger partial charge < -0.3 is 88.2 Å². The molecule has 14 rings (SSSR count). The SMILES string of the molecule is CC(C)(C)OC(=O)NCCCC[C@H](CC(=O)[C@@H]1C[C@@H](OCC2CCCCC2)CN1)C(O)c1nc2ccccc2o1.CC(C)(C)OC(=O)NCCCC[C@H](CC(=O)[C@@H]1C[C@@H](OCC2CCCCC2)CN1C(=O)OCc1ccccc1)C(O)c1nc2ccccc2o1.O=C(O)[C@@H]1C[C@@H](O)CN1C(=O)OCc1ccccc1.O=C(O)[C@@H]1C[C@@H](OCC2CCCCC2)CN1C(=O)OCc1ccccc1. The summed E-state index contributed by atoms with van der Waals surface area (Å²) in [4.78, 5) is 125. The summed E-state index contributed by atoms with van der Waals surface area (Å²) in [6.45, 7) is 15.3. The Morgan fingerprint density at radius 1 is 0.437 bits per heavy atom. The number of aliphatic hydroxyl groups is 3. The summed E-state index contributed by atoms with van der Waals surface area (Å²) >= 11 is 0. The normalized spacial score (nSPS) is 21.4. The highest BCUT2D eigenvalue weighted by Gasteiger charge is 2.46. The molecule has 4 saturated heterocycles. The molecule has 5 amide bonds. The van der Waals surface area contributed by atoms with E-state index in [1.807, 2.05) is 142 Å². The number of likely N-dealkylation sites (tertiary alicyclic amines) is 3. The second kappa shape index (κ2) is 53.2. The van der Waals surface area contributed by atoms with Crippen molar-refractivity contribution in [2.75, 3.05) is 59.1 Å². The van der Waals surface area contributed by atoms with Gasteiger partial charge in [0, 0.05) is 83.4 Å². The zero-order valence-electron chi connectivity index (χ0n) is 79.2. The lowest BCUT2D eigenvalue weighted by Crippen LogP contribution is -2.41. The smallest absolute Gasteiger partial charge is 0.410 e. The lowest BCUT2D eigenvalue weighted by Gasteiger charge is -2.26. The van der Waals surface area contributed by atoms with Gasteiger partial charge in [0.1, 0.15) is 72.1 Å². The number of alkyl carbamates (subject to hydrolysis) is 2. The molecule has 6 heterocycles. The van der Waals surface area contributed by atoms with E-state index in [0.717, 1.165) is 47.5 Å². The van der Waals surface area contributed by atoms with Crippen molar-refractivity contribution in [1.29, 1.82) is 0 Å². The highest BCUT2D eigenvalue weighted by atomic mass is 16.6. The maximum atomic E-state index is 14.2. The molecular weight excluding hydrogens is 1730 g/mol. The van der Waals surface area contributed by atoms with Gasteiger partial charge in [0.25, 0.3) is 0 Å². The first-order valence-corrected chi connectivity index (χ1v) is 48.6. The maximum Gasteiger partial charge on any atom is 0.410 e. The molecule has 0 radical (unpaired) electrons. The minimum atomic E-state index is -1.15. The Morgan fingerprint density at radius 3 is 1.19 bits per heavy atom. The molecule has 32 heteroatoms. The molecule has 7 aromatic rings. The van der Waals surface area contributed by atoms with Gasteiger partial charge in [0.2, 0.25) is 11.8 Å². The molecule has 12 atom stereocenters. The van der Waals surface area contributed by atoms with Gasteiger partial charge in [-0.3, -0.25) is 24.3 Å². The van der Waals surface area contributed by atoms with Crippen LogP contribution in [0.4, 0.5) is 24.0 Å². The Labute approximate surface area is 791 Å². The van der Waals surface area contributed by atoms with Crippen LogP contribution in [0.15, 0.2) is 148 Å². The maximum absolute atomic E-state index is 14.2. The van der Waals surface area contributed by atoms with Gasteiger partial charge in [-0.05, 0) is 171 Å². The van der Waals surface area contributed by atoms with Crippen molar-refractivity contribution in [3.8, 4) is 0 Å². The fraction of sp³-hybridized carbons (Fsp3) is 0.602. The van der Waals surface area contributed by atoms with Crippen LogP contribution in [0.5, 0.6) is 0 Å². The number of aliphatic carboxylic acids is 2. The number of hydrogen-bond acceptors (Lipinski definition) is 25. The van der Waals surface area contributed by atoms with Gasteiger partial charge in [-0.1, -0.05) is 186 Å². The van der Waals surface area contributed by atoms with Crippen molar-refractivity contribution in [2.24, 2.45) is 29.6 Å². The number of carbonyl (C=O) groups is 9. The van der Waals surface area contributed by atoms with E-state index in [1.165, 1.54) is 93.3 Å². The summed E-state index contributed by atoms with van der Waals surface area (Å²) in [7, 11) is 0. The van der Waals surface area contributed by atoms with Crippen LogP contribution in [-0.2, 0) is 76.9 Å². The van der Waals surface area contributed by atoms with Crippen LogP contribution in [0.3, 0.4) is 0 Å². The number of fused-ring (bicyclic) bond motifs is 2. The fourth-order valence-corrected chi connectivity index (χ4v) is 18.4. The number of hydrogen-bond donors (Lipinski definition) is 8. The number of aliphatic hydroxyl groups excluding tert-OH is 3. The molecule has 0 bridgehead atoms. The van der Waals surface area contributed by atoms with E-state index in [9.17, 15) is 63.6 Å². The number of ether oxygens (including phenoxy) is 8. The number of nitrogens with zero attached hydrogens (tertiary/aromatic N) is 5. The third kappa shape index (κ3) is 34.9. The number of carbonyl (C=O) groups excluding carboxylic acids is 7.